The van der Waals surface area contributed by atoms with Crippen molar-refractivity contribution in [3.8, 4) is 66.8 Å². The van der Waals surface area contributed by atoms with Gasteiger partial charge in [0.2, 0.25) is 0 Å². The third-order valence-electron chi connectivity index (χ3n) is 11.0. The summed E-state index contributed by atoms with van der Waals surface area (Å²) in [6.45, 7) is 0. The predicted octanol–water partition coefficient (Wildman–Crippen LogP) is 12.7. The smallest absolute Gasteiger partial charge is 0.0817 e. The fourth-order valence-electron chi connectivity index (χ4n) is 8.67. The normalized spacial score (nSPS) is 12.0. The molecule has 2 heterocycles. The largest absolute Gasteiger partial charge is 0.248 e. The molecular formula is C52H32N2. The number of nitrogens with zero attached hydrogens (tertiary/aromatic N) is 2. The van der Waals surface area contributed by atoms with Crippen LogP contribution in [-0.4, -0.2) is 0 Å². The molecule has 0 amide bonds. The predicted molar refractivity (Wildman–Crippen MR) is 222 cm³/mol. The standard InChI is InChI=1S/C52H32N2/c1-3-16-33(17-4-1)37-23-9-11-26-41(37)48-44(35-18-5-2-6-19-35)32-47-50(51-46(53-47)31-30-43-40-25-13-14-29-45(40)54-52(43)51)49(48)42-27-12-10-24-39(42)38-28-15-21-34-20-7-8-22-36(34)38/h1-32H. The van der Waals surface area contributed by atoms with Crippen molar-refractivity contribution in [1.29, 1.82) is 0 Å². The molecule has 0 atom stereocenters. The number of rotatable bonds is 5. The monoisotopic (exact) mass is 684 g/mol. The van der Waals surface area contributed by atoms with Gasteiger partial charge in [0.25, 0.3) is 0 Å². The van der Waals surface area contributed by atoms with Gasteiger partial charge in [-0.05, 0) is 85.1 Å². The van der Waals surface area contributed by atoms with Crippen molar-refractivity contribution in [1.82, 2.24) is 0 Å². The van der Waals surface area contributed by atoms with Gasteiger partial charge in [-0.1, -0.05) is 170 Å². The molecule has 0 spiro atoms. The molecule has 0 N–H and O–H groups in total. The molecule has 0 unspecified atom stereocenters. The van der Waals surface area contributed by atoms with Gasteiger partial charge in [0.05, 0.1) is 22.1 Å². The quantitative estimate of drug-likeness (QED) is 0.172. The van der Waals surface area contributed by atoms with E-state index in [0.29, 0.717) is 0 Å². The second kappa shape index (κ2) is 12.2. The number of hydrogen-bond acceptors (Lipinski definition) is 2. The molecular weight excluding hydrogens is 653 g/mol. The SMILES string of the molecule is c1ccc(-c2ccccc2-c2c(-c3ccccc3)cc3c(c2-c2ccccc2-c2cccc4ccccc24)-c2c4c(ccc2=N3)=c2ccccc2=N4)cc1. The van der Waals surface area contributed by atoms with Gasteiger partial charge in [-0.15, -0.1) is 0 Å². The summed E-state index contributed by atoms with van der Waals surface area (Å²) in [5, 5.41) is 6.72. The molecule has 250 valence electrons. The minimum absolute atomic E-state index is 0.955. The van der Waals surface area contributed by atoms with E-state index in [1.165, 1.54) is 49.7 Å². The Labute approximate surface area is 313 Å². The summed E-state index contributed by atoms with van der Waals surface area (Å²) in [7, 11) is 0. The van der Waals surface area contributed by atoms with Crippen molar-refractivity contribution < 1.29 is 0 Å². The summed E-state index contributed by atoms with van der Waals surface area (Å²) in [5.74, 6) is 0. The maximum atomic E-state index is 5.44. The molecule has 0 saturated heterocycles. The second-order valence-electron chi connectivity index (χ2n) is 14.0. The van der Waals surface area contributed by atoms with Gasteiger partial charge in [0.15, 0.2) is 0 Å². The summed E-state index contributed by atoms with van der Waals surface area (Å²) in [6, 6.07) is 69.9. The first-order valence-electron chi connectivity index (χ1n) is 18.5. The van der Waals surface area contributed by atoms with Gasteiger partial charge < -0.3 is 0 Å². The fraction of sp³-hybridized carbons (Fsp3) is 0. The Bertz CT molecular complexity index is 3200. The Hall–Kier alpha value is -7.16. The van der Waals surface area contributed by atoms with E-state index < -0.39 is 0 Å². The maximum absolute atomic E-state index is 5.44. The molecule has 0 saturated carbocycles. The minimum Gasteiger partial charge on any atom is -0.248 e. The van der Waals surface area contributed by atoms with Crippen LogP contribution in [0.3, 0.4) is 0 Å². The van der Waals surface area contributed by atoms with Crippen LogP contribution in [-0.2, 0) is 0 Å². The summed E-state index contributed by atoms with van der Waals surface area (Å²) in [5.41, 5.74) is 15.9. The van der Waals surface area contributed by atoms with E-state index in [4.69, 9.17) is 9.98 Å². The minimum atomic E-state index is 0.955. The zero-order chi connectivity index (χ0) is 35.6. The topological polar surface area (TPSA) is 24.7 Å². The van der Waals surface area contributed by atoms with E-state index in [2.05, 4.69) is 194 Å². The lowest BCUT2D eigenvalue weighted by molar-refractivity contribution is 1.36. The molecule has 9 aromatic carbocycles. The van der Waals surface area contributed by atoms with Crippen molar-refractivity contribution in [3.63, 3.8) is 0 Å². The van der Waals surface area contributed by atoms with Crippen LogP contribution in [0.4, 0.5) is 11.4 Å². The van der Waals surface area contributed by atoms with Crippen LogP contribution >= 0.6 is 0 Å². The van der Waals surface area contributed by atoms with Gasteiger partial charge >= 0.3 is 0 Å². The number of para-hydroxylation sites is 1. The Morgan fingerprint density at radius 3 is 1.69 bits per heavy atom. The maximum Gasteiger partial charge on any atom is 0.0817 e. The lowest BCUT2D eigenvalue weighted by Crippen LogP contribution is -2.02. The van der Waals surface area contributed by atoms with Crippen LogP contribution in [0.1, 0.15) is 0 Å². The first-order valence-corrected chi connectivity index (χ1v) is 18.5. The molecule has 2 heteroatoms. The van der Waals surface area contributed by atoms with Crippen molar-refractivity contribution in [2.75, 3.05) is 0 Å². The average Bonchev–Trinajstić information content (AvgIpc) is 3.82. The van der Waals surface area contributed by atoms with Crippen LogP contribution in [0.15, 0.2) is 204 Å². The van der Waals surface area contributed by atoms with Crippen LogP contribution < -0.4 is 10.7 Å². The first kappa shape index (κ1) is 30.5. The highest BCUT2D eigenvalue weighted by Gasteiger charge is 2.31. The molecule has 54 heavy (non-hydrogen) atoms. The fourth-order valence-corrected chi connectivity index (χ4v) is 8.67. The molecule has 0 aromatic heterocycles. The summed E-state index contributed by atoms with van der Waals surface area (Å²) >= 11 is 0. The van der Waals surface area contributed by atoms with Gasteiger partial charge in [-0.2, -0.15) is 0 Å². The van der Waals surface area contributed by atoms with Gasteiger partial charge in [-0.25, -0.2) is 9.98 Å². The van der Waals surface area contributed by atoms with Crippen LogP contribution in [0.2, 0.25) is 0 Å². The average molecular weight is 685 g/mol. The molecule has 9 aromatic rings. The van der Waals surface area contributed by atoms with Crippen molar-refractivity contribution in [3.05, 3.63) is 215 Å². The molecule has 0 radical (unpaired) electrons. The summed E-state index contributed by atoms with van der Waals surface area (Å²) in [4.78, 5) is 10.8. The lowest BCUT2D eigenvalue weighted by atomic mass is 9.78. The molecule has 11 rings (SSSR count). The van der Waals surface area contributed by atoms with E-state index in [1.807, 2.05) is 0 Å². The zero-order valence-corrected chi connectivity index (χ0v) is 29.4. The second-order valence-corrected chi connectivity index (χ2v) is 14.0. The van der Waals surface area contributed by atoms with Gasteiger partial charge in [0.1, 0.15) is 0 Å². The summed E-state index contributed by atoms with van der Waals surface area (Å²) < 4.78 is 0. The summed E-state index contributed by atoms with van der Waals surface area (Å²) in [6.07, 6.45) is 0. The molecule has 0 fully saturated rings. The Balaban J connectivity index is 1.35. The van der Waals surface area contributed by atoms with Gasteiger partial charge in [0, 0.05) is 27.1 Å². The highest BCUT2D eigenvalue weighted by molar-refractivity contribution is 6.13. The molecule has 2 nitrogen and oxygen atoms in total. The van der Waals surface area contributed by atoms with Crippen LogP contribution in [0.5, 0.6) is 0 Å². The lowest BCUT2D eigenvalue weighted by Gasteiger charge is -2.24. The van der Waals surface area contributed by atoms with Gasteiger partial charge in [-0.3, -0.25) is 0 Å². The van der Waals surface area contributed by atoms with E-state index in [9.17, 15) is 0 Å². The van der Waals surface area contributed by atoms with Crippen LogP contribution in [0, 0.1) is 10.4 Å². The van der Waals surface area contributed by atoms with E-state index >= 15 is 0 Å². The number of hydrogen-bond donors (Lipinski definition) is 0. The Morgan fingerprint density at radius 2 is 0.889 bits per heavy atom. The molecule has 0 bridgehead atoms. The van der Waals surface area contributed by atoms with Crippen molar-refractivity contribution in [2.24, 2.45) is 9.98 Å². The van der Waals surface area contributed by atoms with Crippen molar-refractivity contribution in [2.45, 2.75) is 0 Å². The first-order chi connectivity index (χ1) is 26.8. The number of benzene rings is 9. The van der Waals surface area contributed by atoms with Crippen molar-refractivity contribution >= 4 is 22.1 Å². The van der Waals surface area contributed by atoms with E-state index in [1.54, 1.807) is 0 Å². The zero-order valence-electron chi connectivity index (χ0n) is 29.4. The number of fused-ring (bicyclic) bond motifs is 7. The third kappa shape index (κ3) is 4.67. The van der Waals surface area contributed by atoms with E-state index in [0.717, 1.165) is 60.3 Å². The highest BCUT2D eigenvalue weighted by atomic mass is 14.8. The molecule has 0 aliphatic carbocycles. The molecule has 2 aliphatic heterocycles. The Kier molecular flexibility index (Phi) is 6.90. The van der Waals surface area contributed by atoms with E-state index in [-0.39, 0.29) is 0 Å². The molecule has 2 aliphatic rings. The van der Waals surface area contributed by atoms with Crippen LogP contribution in [0.25, 0.3) is 77.5 Å². The Morgan fingerprint density at radius 1 is 0.296 bits per heavy atom. The highest BCUT2D eigenvalue weighted by Crippen LogP contribution is 2.55. The third-order valence-corrected chi connectivity index (χ3v) is 11.0.